The first-order chi connectivity index (χ1) is 19.9. The van der Waals surface area contributed by atoms with E-state index in [4.69, 9.17) is 9.15 Å². The van der Waals surface area contributed by atoms with Gasteiger partial charge >= 0.3 is 0 Å². The lowest BCUT2D eigenvalue weighted by Gasteiger charge is -2.28. The topological polar surface area (TPSA) is 218 Å². The smallest absolute Gasteiger partial charge is 0.197 e. The Morgan fingerprint density at radius 2 is 1.31 bits per heavy atom. The lowest BCUT2D eigenvalue weighted by molar-refractivity contribution is 0.0842. The molecule has 42 heavy (non-hydrogen) atoms. The summed E-state index contributed by atoms with van der Waals surface area (Å²) < 4.78 is 11.5. The van der Waals surface area contributed by atoms with E-state index < -0.39 is 62.9 Å². The van der Waals surface area contributed by atoms with Crippen LogP contribution >= 0.6 is 0 Å². The minimum Gasteiger partial charge on any atom is -0.508 e. The second kappa shape index (κ2) is 9.27. The molecule has 0 fully saturated rings. The molecule has 1 aliphatic rings. The van der Waals surface area contributed by atoms with Gasteiger partial charge in [-0.1, -0.05) is 0 Å². The largest absolute Gasteiger partial charge is 0.508 e. The van der Waals surface area contributed by atoms with Gasteiger partial charge in [0.15, 0.2) is 11.2 Å². The summed E-state index contributed by atoms with van der Waals surface area (Å²) in [6, 6.07) is 9.64. The van der Waals surface area contributed by atoms with Gasteiger partial charge in [-0.25, -0.2) is 0 Å². The van der Waals surface area contributed by atoms with Gasteiger partial charge in [-0.15, -0.1) is 0 Å². The molecule has 6 rings (SSSR count). The van der Waals surface area contributed by atoms with Crippen LogP contribution in [0.2, 0.25) is 0 Å². The maximum Gasteiger partial charge on any atom is 0.197 e. The molecule has 0 saturated carbocycles. The molecule has 4 aromatic carbocycles. The van der Waals surface area contributed by atoms with Gasteiger partial charge < -0.3 is 50.0 Å². The summed E-state index contributed by atoms with van der Waals surface area (Å²) in [5.74, 6) is -5.44. The standard InChI is InChI=1S/C30H20O12/c31-11-1-2-14(33)13(5-11)21-8-19(38)27-24(41-21)10-20(39)29(30(27)40)28-16(35)4-3-15(34)26(28)23-9-18(37)25-17(36)6-12(32)7-22(25)42-23/h1-7,9-10,21,31-36,39-40H,8H2/t21-/m0/s1. The Bertz CT molecular complexity index is 2020. The highest BCUT2D eigenvalue weighted by atomic mass is 16.5. The van der Waals surface area contributed by atoms with Crippen molar-refractivity contribution in [2.45, 2.75) is 12.5 Å². The zero-order chi connectivity index (χ0) is 30.0. The average molecular weight is 572 g/mol. The Hall–Kier alpha value is -6.04. The second-order valence-corrected chi connectivity index (χ2v) is 9.64. The van der Waals surface area contributed by atoms with E-state index in [-0.39, 0.29) is 57.1 Å². The molecule has 12 heteroatoms. The van der Waals surface area contributed by atoms with E-state index in [9.17, 15) is 50.4 Å². The number of benzene rings is 4. The van der Waals surface area contributed by atoms with Crippen LogP contribution < -0.4 is 10.2 Å². The van der Waals surface area contributed by atoms with Crippen molar-refractivity contribution in [2.75, 3.05) is 0 Å². The molecule has 0 amide bonds. The van der Waals surface area contributed by atoms with Crippen molar-refractivity contribution in [2.24, 2.45) is 0 Å². The Morgan fingerprint density at radius 3 is 2.05 bits per heavy atom. The molecule has 5 aromatic rings. The van der Waals surface area contributed by atoms with E-state index in [0.717, 1.165) is 36.4 Å². The second-order valence-electron chi connectivity index (χ2n) is 9.64. The number of rotatable bonds is 3. The number of Topliss-reactive ketones (excluding diaryl/α,β-unsaturated/α-hetero) is 1. The third-order valence-corrected chi connectivity index (χ3v) is 6.97. The van der Waals surface area contributed by atoms with Gasteiger partial charge in [0.05, 0.1) is 17.5 Å². The summed E-state index contributed by atoms with van der Waals surface area (Å²) in [6.07, 6.45) is -1.46. The number of carbonyl (C=O) groups is 1. The first-order valence-corrected chi connectivity index (χ1v) is 12.3. The number of phenols is 8. The van der Waals surface area contributed by atoms with Crippen LogP contribution in [0.25, 0.3) is 33.4 Å². The minimum absolute atomic E-state index is 0.0911. The fourth-order valence-corrected chi connectivity index (χ4v) is 5.14. The predicted octanol–water partition coefficient (Wildman–Crippen LogP) is 4.48. The molecule has 1 aromatic heterocycles. The summed E-state index contributed by atoms with van der Waals surface area (Å²) in [5.41, 5.74) is -2.62. The maximum atomic E-state index is 13.3. The average Bonchev–Trinajstić information content (AvgIpc) is 2.90. The molecular weight excluding hydrogens is 552 g/mol. The summed E-state index contributed by atoms with van der Waals surface area (Å²) in [5, 5.41) is 83.8. The molecule has 1 aliphatic heterocycles. The summed E-state index contributed by atoms with van der Waals surface area (Å²) >= 11 is 0. The van der Waals surface area contributed by atoms with Crippen LogP contribution in [0.1, 0.15) is 28.4 Å². The summed E-state index contributed by atoms with van der Waals surface area (Å²) in [7, 11) is 0. The van der Waals surface area contributed by atoms with Gasteiger partial charge in [0.1, 0.15) is 80.1 Å². The summed E-state index contributed by atoms with van der Waals surface area (Å²) in [4.78, 5) is 26.1. The molecule has 0 radical (unpaired) electrons. The fraction of sp³-hybridized carbons (Fsp3) is 0.0667. The molecule has 2 heterocycles. The van der Waals surface area contributed by atoms with E-state index in [0.29, 0.717) is 0 Å². The minimum atomic E-state index is -1.08. The van der Waals surface area contributed by atoms with E-state index in [1.54, 1.807) is 0 Å². The van der Waals surface area contributed by atoms with Gasteiger partial charge in [0.2, 0.25) is 0 Å². The van der Waals surface area contributed by atoms with E-state index >= 15 is 0 Å². The van der Waals surface area contributed by atoms with Gasteiger partial charge in [-0.05, 0) is 30.3 Å². The normalized spacial score (nSPS) is 14.5. The number of aromatic hydroxyl groups is 8. The third-order valence-electron chi connectivity index (χ3n) is 6.97. The van der Waals surface area contributed by atoms with Crippen LogP contribution in [0.4, 0.5) is 0 Å². The maximum absolute atomic E-state index is 13.3. The molecule has 0 unspecified atom stereocenters. The van der Waals surface area contributed by atoms with Crippen molar-refractivity contribution in [3.8, 4) is 74.2 Å². The zero-order valence-corrected chi connectivity index (χ0v) is 21.2. The van der Waals surface area contributed by atoms with Gasteiger partial charge in [0, 0.05) is 35.4 Å². The van der Waals surface area contributed by atoms with Crippen LogP contribution in [-0.4, -0.2) is 46.6 Å². The number of carbonyl (C=O) groups excluding carboxylic acids is 1. The molecular formula is C30H20O12. The number of ether oxygens (including phenoxy) is 1. The van der Waals surface area contributed by atoms with Crippen LogP contribution in [0.3, 0.4) is 0 Å². The predicted molar refractivity (Wildman–Crippen MR) is 145 cm³/mol. The van der Waals surface area contributed by atoms with Crippen molar-refractivity contribution in [3.63, 3.8) is 0 Å². The fourth-order valence-electron chi connectivity index (χ4n) is 5.14. The molecule has 0 bridgehead atoms. The van der Waals surface area contributed by atoms with Crippen molar-refractivity contribution in [1.29, 1.82) is 0 Å². The number of ketones is 1. The highest BCUT2D eigenvalue weighted by Gasteiger charge is 2.36. The first-order valence-electron chi connectivity index (χ1n) is 12.3. The molecule has 12 nitrogen and oxygen atoms in total. The number of phenolic OH excluding ortho intramolecular Hbond substituents is 8. The molecule has 0 saturated heterocycles. The zero-order valence-electron chi connectivity index (χ0n) is 21.2. The van der Waals surface area contributed by atoms with Crippen molar-refractivity contribution in [3.05, 3.63) is 75.9 Å². The quantitative estimate of drug-likeness (QED) is 0.140. The third kappa shape index (κ3) is 4.01. The van der Waals surface area contributed by atoms with Crippen molar-refractivity contribution < 1.29 is 54.8 Å². The molecule has 0 spiro atoms. The number of hydrogen-bond acceptors (Lipinski definition) is 12. The van der Waals surface area contributed by atoms with Crippen molar-refractivity contribution in [1.82, 2.24) is 0 Å². The number of fused-ring (bicyclic) bond motifs is 2. The number of hydrogen-bond donors (Lipinski definition) is 8. The molecule has 1 atom stereocenters. The highest BCUT2D eigenvalue weighted by molar-refractivity contribution is 6.07. The van der Waals surface area contributed by atoms with Gasteiger partial charge in [-0.3, -0.25) is 9.59 Å². The highest BCUT2D eigenvalue weighted by Crippen LogP contribution is 2.54. The molecule has 0 aliphatic carbocycles. The summed E-state index contributed by atoms with van der Waals surface area (Å²) in [6.45, 7) is 0. The lowest BCUT2D eigenvalue weighted by Crippen LogP contribution is -2.21. The molecule has 8 N–H and O–H groups in total. The molecule has 212 valence electrons. The Balaban J connectivity index is 1.56. The SMILES string of the molecule is O=C1C[C@@H](c2cc(O)ccc2O)Oc2cc(O)c(-c3c(O)ccc(O)c3-c3cc(=O)c4c(O)cc(O)cc4o3)c(O)c21. The van der Waals surface area contributed by atoms with Crippen LogP contribution in [0, 0.1) is 0 Å². The lowest BCUT2D eigenvalue weighted by atomic mass is 9.89. The van der Waals surface area contributed by atoms with Crippen molar-refractivity contribution >= 4 is 16.8 Å². The van der Waals surface area contributed by atoms with E-state index in [2.05, 4.69) is 0 Å². The monoisotopic (exact) mass is 572 g/mol. The van der Waals surface area contributed by atoms with E-state index in [1.165, 1.54) is 18.2 Å². The van der Waals surface area contributed by atoms with Crippen LogP contribution in [-0.2, 0) is 0 Å². The van der Waals surface area contributed by atoms with Crippen LogP contribution in [0.5, 0.6) is 51.7 Å². The Labute approximate surface area is 234 Å². The van der Waals surface area contributed by atoms with Gasteiger partial charge in [0.25, 0.3) is 0 Å². The van der Waals surface area contributed by atoms with E-state index in [1.807, 2.05) is 0 Å². The van der Waals surface area contributed by atoms with Gasteiger partial charge in [-0.2, -0.15) is 0 Å². The Morgan fingerprint density at radius 1 is 0.619 bits per heavy atom. The first kappa shape index (κ1) is 26.2. The van der Waals surface area contributed by atoms with Crippen LogP contribution in [0.15, 0.2) is 63.8 Å². The Kier molecular flexibility index (Phi) is 5.78.